The maximum Gasteiger partial charge on any atom is 0.122 e. The van der Waals surface area contributed by atoms with E-state index in [9.17, 15) is 0 Å². The Morgan fingerprint density at radius 2 is 1.61 bits per heavy atom. The van der Waals surface area contributed by atoms with Crippen molar-refractivity contribution in [3.05, 3.63) is 23.8 Å². The van der Waals surface area contributed by atoms with Gasteiger partial charge in [0.1, 0.15) is 11.5 Å². The Hall–Kier alpha value is -1.26. The van der Waals surface area contributed by atoms with Crippen molar-refractivity contribution < 1.29 is 14.2 Å². The van der Waals surface area contributed by atoms with Crippen LogP contribution < -0.4 is 15.2 Å². The van der Waals surface area contributed by atoms with Crippen LogP contribution in [0.2, 0.25) is 0 Å². The first-order valence-electron chi connectivity index (χ1n) is 6.17. The summed E-state index contributed by atoms with van der Waals surface area (Å²) in [6.45, 7) is 2.12. The van der Waals surface area contributed by atoms with Gasteiger partial charge in [-0.3, -0.25) is 0 Å². The molecule has 0 saturated heterocycles. The minimum atomic E-state index is -0.182. The van der Waals surface area contributed by atoms with Crippen molar-refractivity contribution in [2.75, 3.05) is 21.3 Å². The summed E-state index contributed by atoms with van der Waals surface area (Å²) in [5.41, 5.74) is 7.21. The lowest BCUT2D eigenvalue weighted by Gasteiger charge is -2.23. The Morgan fingerprint density at radius 3 is 2.00 bits per heavy atom. The van der Waals surface area contributed by atoms with Crippen molar-refractivity contribution in [1.82, 2.24) is 0 Å². The zero-order valence-electron chi connectivity index (χ0n) is 11.6. The van der Waals surface area contributed by atoms with E-state index in [1.54, 1.807) is 21.3 Å². The van der Waals surface area contributed by atoms with Crippen LogP contribution in [-0.2, 0) is 4.74 Å². The first-order chi connectivity index (χ1) is 8.65. The standard InChI is InChI=1S/C14H23NO3/c1-5-6-13(18-4)14(15)10-7-11(16-2)9-12(8-10)17-3/h7-9,13-14H,5-6,15H2,1-4H3. The number of ether oxygens (including phenoxy) is 3. The summed E-state index contributed by atoms with van der Waals surface area (Å²) in [7, 11) is 4.95. The number of methoxy groups -OCH3 is 3. The second kappa shape index (κ2) is 7.24. The molecule has 0 radical (unpaired) electrons. The predicted molar refractivity (Wildman–Crippen MR) is 72.2 cm³/mol. The number of rotatable bonds is 7. The molecule has 0 spiro atoms. The zero-order valence-corrected chi connectivity index (χ0v) is 11.6. The number of hydrogen-bond acceptors (Lipinski definition) is 4. The fourth-order valence-corrected chi connectivity index (χ4v) is 1.97. The Kier molecular flexibility index (Phi) is 5.95. The predicted octanol–water partition coefficient (Wildman–Crippen LogP) is 2.52. The van der Waals surface area contributed by atoms with Gasteiger partial charge >= 0.3 is 0 Å². The molecular formula is C14H23NO3. The average Bonchev–Trinajstić information content (AvgIpc) is 2.43. The molecule has 18 heavy (non-hydrogen) atoms. The Balaban J connectivity index is 2.98. The Labute approximate surface area is 109 Å². The lowest BCUT2D eigenvalue weighted by Crippen LogP contribution is -2.28. The van der Waals surface area contributed by atoms with Crippen LogP contribution in [0.4, 0.5) is 0 Å². The molecule has 102 valence electrons. The summed E-state index contributed by atoms with van der Waals surface area (Å²) >= 11 is 0. The van der Waals surface area contributed by atoms with E-state index in [4.69, 9.17) is 19.9 Å². The van der Waals surface area contributed by atoms with Crippen LogP contribution in [0.25, 0.3) is 0 Å². The summed E-state index contributed by atoms with van der Waals surface area (Å²) in [4.78, 5) is 0. The van der Waals surface area contributed by atoms with Gasteiger partial charge in [0.15, 0.2) is 0 Å². The van der Waals surface area contributed by atoms with Crippen molar-refractivity contribution in [2.45, 2.75) is 31.9 Å². The van der Waals surface area contributed by atoms with E-state index in [2.05, 4.69) is 6.92 Å². The molecule has 0 heterocycles. The van der Waals surface area contributed by atoms with Crippen molar-refractivity contribution >= 4 is 0 Å². The van der Waals surface area contributed by atoms with Gasteiger partial charge in [-0.25, -0.2) is 0 Å². The maximum absolute atomic E-state index is 6.25. The quantitative estimate of drug-likeness (QED) is 0.811. The van der Waals surface area contributed by atoms with Crippen LogP contribution in [0.3, 0.4) is 0 Å². The molecule has 4 nitrogen and oxygen atoms in total. The molecule has 1 aromatic rings. The van der Waals surface area contributed by atoms with Gasteiger partial charge in [-0.05, 0) is 24.1 Å². The van der Waals surface area contributed by atoms with Gasteiger partial charge in [0.25, 0.3) is 0 Å². The summed E-state index contributed by atoms with van der Waals surface area (Å²) < 4.78 is 15.9. The van der Waals surface area contributed by atoms with Crippen LogP contribution in [0, 0.1) is 0 Å². The Morgan fingerprint density at radius 1 is 1.06 bits per heavy atom. The molecule has 2 unspecified atom stereocenters. The van der Waals surface area contributed by atoms with E-state index in [-0.39, 0.29) is 12.1 Å². The second-order valence-corrected chi connectivity index (χ2v) is 4.23. The van der Waals surface area contributed by atoms with Crippen LogP contribution in [-0.4, -0.2) is 27.4 Å². The van der Waals surface area contributed by atoms with Crippen LogP contribution >= 0.6 is 0 Å². The minimum absolute atomic E-state index is 0.00631. The van der Waals surface area contributed by atoms with E-state index < -0.39 is 0 Å². The SMILES string of the molecule is CCCC(OC)C(N)c1cc(OC)cc(OC)c1. The molecule has 0 aliphatic heterocycles. The highest BCUT2D eigenvalue weighted by Crippen LogP contribution is 2.28. The molecule has 0 bridgehead atoms. The number of benzene rings is 1. The minimum Gasteiger partial charge on any atom is -0.497 e. The van der Waals surface area contributed by atoms with Gasteiger partial charge in [-0.2, -0.15) is 0 Å². The lowest BCUT2D eigenvalue weighted by atomic mass is 9.98. The van der Waals surface area contributed by atoms with Gasteiger partial charge in [0, 0.05) is 13.2 Å². The monoisotopic (exact) mass is 253 g/mol. The summed E-state index contributed by atoms with van der Waals surface area (Å²) in [6, 6.07) is 5.50. The summed E-state index contributed by atoms with van der Waals surface area (Å²) in [5, 5.41) is 0. The molecule has 0 aromatic heterocycles. The molecule has 0 fully saturated rings. The smallest absolute Gasteiger partial charge is 0.122 e. The fourth-order valence-electron chi connectivity index (χ4n) is 1.97. The molecule has 0 aliphatic carbocycles. The molecular weight excluding hydrogens is 230 g/mol. The normalized spacial score (nSPS) is 14.1. The number of hydrogen-bond donors (Lipinski definition) is 1. The molecule has 0 aliphatic rings. The zero-order chi connectivity index (χ0) is 13.5. The van der Waals surface area contributed by atoms with Crippen molar-refractivity contribution in [1.29, 1.82) is 0 Å². The summed E-state index contributed by atoms with van der Waals surface area (Å²) in [6.07, 6.45) is 1.97. The molecule has 2 atom stereocenters. The molecule has 0 saturated carbocycles. The van der Waals surface area contributed by atoms with Crippen molar-refractivity contribution in [3.63, 3.8) is 0 Å². The van der Waals surface area contributed by atoms with E-state index in [1.807, 2.05) is 18.2 Å². The molecule has 2 N–H and O–H groups in total. The molecule has 4 heteroatoms. The highest BCUT2D eigenvalue weighted by Gasteiger charge is 2.19. The third-order valence-corrected chi connectivity index (χ3v) is 3.04. The highest BCUT2D eigenvalue weighted by atomic mass is 16.5. The Bertz CT molecular complexity index is 346. The van der Waals surface area contributed by atoms with E-state index in [0.29, 0.717) is 0 Å². The van der Waals surface area contributed by atoms with E-state index in [0.717, 1.165) is 29.9 Å². The van der Waals surface area contributed by atoms with Gasteiger partial charge in [0.2, 0.25) is 0 Å². The lowest BCUT2D eigenvalue weighted by molar-refractivity contribution is 0.0724. The van der Waals surface area contributed by atoms with Crippen LogP contribution in [0.1, 0.15) is 31.4 Å². The van der Waals surface area contributed by atoms with Crippen LogP contribution in [0.5, 0.6) is 11.5 Å². The van der Waals surface area contributed by atoms with Crippen molar-refractivity contribution in [2.24, 2.45) is 5.73 Å². The molecule has 0 amide bonds. The first kappa shape index (κ1) is 14.8. The van der Waals surface area contributed by atoms with Gasteiger partial charge < -0.3 is 19.9 Å². The third-order valence-electron chi connectivity index (χ3n) is 3.04. The van der Waals surface area contributed by atoms with E-state index in [1.165, 1.54) is 0 Å². The fraction of sp³-hybridized carbons (Fsp3) is 0.571. The highest BCUT2D eigenvalue weighted by molar-refractivity contribution is 5.40. The van der Waals surface area contributed by atoms with Crippen LogP contribution in [0.15, 0.2) is 18.2 Å². The third kappa shape index (κ3) is 3.62. The second-order valence-electron chi connectivity index (χ2n) is 4.23. The molecule has 1 rings (SSSR count). The van der Waals surface area contributed by atoms with Gasteiger partial charge in [-0.1, -0.05) is 13.3 Å². The van der Waals surface area contributed by atoms with Gasteiger partial charge in [0.05, 0.1) is 26.4 Å². The van der Waals surface area contributed by atoms with Crippen molar-refractivity contribution in [3.8, 4) is 11.5 Å². The first-order valence-corrected chi connectivity index (χ1v) is 6.17. The molecule has 1 aromatic carbocycles. The maximum atomic E-state index is 6.25. The summed E-state index contributed by atoms with van der Waals surface area (Å²) in [5.74, 6) is 1.48. The average molecular weight is 253 g/mol. The largest absolute Gasteiger partial charge is 0.497 e. The number of nitrogens with two attached hydrogens (primary N) is 1. The van der Waals surface area contributed by atoms with Gasteiger partial charge in [-0.15, -0.1) is 0 Å². The topological polar surface area (TPSA) is 53.7 Å². The van der Waals surface area contributed by atoms with E-state index >= 15 is 0 Å².